The van der Waals surface area contributed by atoms with E-state index in [4.69, 9.17) is 0 Å². The molecule has 0 atom stereocenters. The minimum Gasteiger partial charge on any atom is -0.307 e. The third kappa shape index (κ3) is 1.99. The van der Waals surface area contributed by atoms with Gasteiger partial charge in [0, 0.05) is 18.6 Å². The number of pyridine rings is 1. The van der Waals surface area contributed by atoms with Crippen molar-refractivity contribution in [3.8, 4) is 0 Å². The van der Waals surface area contributed by atoms with Crippen LogP contribution in [0.5, 0.6) is 0 Å². The summed E-state index contributed by atoms with van der Waals surface area (Å²) >= 11 is 0. The molecule has 0 aromatic carbocycles. The summed E-state index contributed by atoms with van der Waals surface area (Å²) in [5, 5.41) is 0. The third-order valence-corrected chi connectivity index (χ3v) is 3.92. The Morgan fingerprint density at radius 3 is 2.88 bits per heavy atom. The van der Waals surface area contributed by atoms with Crippen molar-refractivity contribution in [2.24, 2.45) is 0 Å². The molecule has 17 heavy (non-hydrogen) atoms. The average Bonchev–Trinajstić information content (AvgIpc) is 2.86. The first kappa shape index (κ1) is 10.6. The van der Waals surface area contributed by atoms with E-state index in [1.165, 1.54) is 31.2 Å². The van der Waals surface area contributed by atoms with Gasteiger partial charge in [0.05, 0.1) is 0 Å². The van der Waals surface area contributed by atoms with E-state index >= 15 is 0 Å². The van der Waals surface area contributed by atoms with Gasteiger partial charge in [0.1, 0.15) is 5.65 Å². The van der Waals surface area contributed by atoms with Gasteiger partial charge in [-0.05, 0) is 50.2 Å². The first-order valence-electron chi connectivity index (χ1n) is 6.43. The second-order valence-electron chi connectivity index (χ2n) is 4.88. The Balaban J connectivity index is 1.84. The first-order valence-corrected chi connectivity index (χ1v) is 6.43. The van der Waals surface area contributed by atoms with Gasteiger partial charge in [-0.1, -0.05) is 17.7 Å². The first-order chi connectivity index (χ1) is 8.36. The van der Waals surface area contributed by atoms with Crippen LogP contribution in [0.3, 0.4) is 0 Å². The summed E-state index contributed by atoms with van der Waals surface area (Å²) in [5.41, 5.74) is 4.13. The zero-order valence-electron chi connectivity index (χ0n) is 10.3. The molecule has 2 heteroatoms. The van der Waals surface area contributed by atoms with Crippen molar-refractivity contribution in [3.63, 3.8) is 0 Å². The van der Waals surface area contributed by atoms with Gasteiger partial charge in [0.25, 0.3) is 0 Å². The fourth-order valence-corrected chi connectivity index (χ4v) is 2.79. The molecule has 1 saturated carbocycles. The Labute approximate surface area is 102 Å². The van der Waals surface area contributed by atoms with Crippen molar-refractivity contribution in [2.75, 3.05) is 0 Å². The fraction of sp³-hybridized carbons (Fsp3) is 0.400. The van der Waals surface area contributed by atoms with Crippen LogP contribution in [0.25, 0.3) is 5.65 Å². The maximum atomic E-state index is 4.28. The smallest absolute Gasteiger partial charge is 0.136 e. The predicted molar refractivity (Wildman–Crippen MR) is 70.2 cm³/mol. The van der Waals surface area contributed by atoms with Crippen molar-refractivity contribution in [1.29, 1.82) is 0 Å². The lowest BCUT2D eigenvalue weighted by molar-refractivity contribution is 0.514. The number of allylic oxidation sites excluding steroid dienone is 2. The molecule has 0 bridgehead atoms. The van der Waals surface area contributed by atoms with E-state index in [2.05, 4.69) is 40.7 Å². The van der Waals surface area contributed by atoms with Crippen LogP contribution in [-0.4, -0.2) is 9.38 Å². The Kier molecular flexibility index (Phi) is 2.71. The SMILES string of the molecule is CC=C1CCC(c2ccc3nccn3c2)CC1. The van der Waals surface area contributed by atoms with Gasteiger partial charge in [-0.2, -0.15) is 0 Å². The number of fused-ring (bicyclic) bond motifs is 1. The number of aromatic nitrogens is 2. The third-order valence-electron chi connectivity index (χ3n) is 3.92. The summed E-state index contributed by atoms with van der Waals surface area (Å²) < 4.78 is 2.13. The minimum absolute atomic E-state index is 0.727. The summed E-state index contributed by atoms with van der Waals surface area (Å²) in [7, 11) is 0. The summed E-state index contributed by atoms with van der Waals surface area (Å²) in [6.45, 7) is 2.16. The lowest BCUT2D eigenvalue weighted by Crippen LogP contribution is -2.07. The van der Waals surface area contributed by atoms with E-state index in [0.29, 0.717) is 0 Å². The monoisotopic (exact) mass is 226 g/mol. The molecule has 0 amide bonds. The summed E-state index contributed by atoms with van der Waals surface area (Å²) in [5.74, 6) is 0.727. The Morgan fingerprint density at radius 2 is 2.12 bits per heavy atom. The molecule has 2 heterocycles. The second kappa shape index (κ2) is 4.36. The molecule has 2 aromatic rings. The number of hydrogen-bond donors (Lipinski definition) is 0. The molecule has 3 rings (SSSR count). The van der Waals surface area contributed by atoms with Crippen LogP contribution < -0.4 is 0 Å². The van der Waals surface area contributed by atoms with Crippen molar-refractivity contribution < 1.29 is 0 Å². The molecule has 1 aliphatic rings. The topological polar surface area (TPSA) is 17.3 Å². The maximum Gasteiger partial charge on any atom is 0.136 e. The molecule has 1 fully saturated rings. The lowest BCUT2D eigenvalue weighted by atomic mass is 9.82. The zero-order valence-corrected chi connectivity index (χ0v) is 10.3. The molecule has 0 radical (unpaired) electrons. The minimum atomic E-state index is 0.727. The van der Waals surface area contributed by atoms with Crippen LogP contribution in [0.15, 0.2) is 42.4 Å². The predicted octanol–water partition coefficient (Wildman–Crippen LogP) is 3.94. The van der Waals surface area contributed by atoms with Crippen LogP contribution >= 0.6 is 0 Å². The lowest BCUT2D eigenvalue weighted by Gasteiger charge is -2.24. The van der Waals surface area contributed by atoms with E-state index in [9.17, 15) is 0 Å². The number of nitrogens with zero attached hydrogens (tertiary/aromatic N) is 2. The Bertz CT molecular complexity index is 541. The van der Waals surface area contributed by atoms with E-state index < -0.39 is 0 Å². The number of hydrogen-bond acceptors (Lipinski definition) is 1. The molecule has 0 spiro atoms. The standard InChI is InChI=1S/C15H18N2/c1-2-12-3-5-13(6-4-12)14-7-8-15-16-9-10-17(15)11-14/h2,7-11,13H,3-6H2,1H3. The van der Waals surface area contributed by atoms with Crippen LogP contribution in [0.1, 0.15) is 44.1 Å². The van der Waals surface area contributed by atoms with Crippen LogP contribution in [0, 0.1) is 0 Å². The van der Waals surface area contributed by atoms with Gasteiger partial charge in [-0.3, -0.25) is 0 Å². The molecule has 88 valence electrons. The quantitative estimate of drug-likeness (QED) is 0.673. The van der Waals surface area contributed by atoms with Crippen molar-refractivity contribution in [1.82, 2.24) is 9.38 Å². The largest absolute Gasteiger partial charge is 0.307 e. The maximum absolute atomic E-state index is 4.28. The van der Waals surface area contributed by atoms with Crippen molar-refractivity contribution in [2.45, 2.75) is 38.5 Å². The average molecular weight is 226 g/mol. The van der Waals surface area contributed by atoms with Gasteiger partial charge in [-0.25, -0.2) is 4.98 Å². The highest BCUT2D eigenvalue weighted by Gasteiger charge is 2.18. The molecular weight excluding hydrogens is 208 g/mol. The van der Waals surface area contributed by atoms with Gasteiger partial charge in [0.15, 0.2) is 0 Å². The summed E-state index contributed by atoms with van der Waals surface area (Å²) in [4.78, 5) is 4.28. The van der Waals surface area contributed by atoms with Crippen LogP contribution in [0.2, 0.25) is 0 Å². The molecule has 0 N–H and O–H groups in total. The highest BCUT2D eigenvalue weighted by Crippen LogP contribution is 2.35. The number of rotatable bonds is 1. The van der Waals surface area contributed by atoms with Gasteiger partial charge in [0.2, 0.25) is 0 Å². The Morgan fingerprint density at radius 1 is 1.29 bits per heavy atom. The highest BCUT2D eigenvalue weighted by atomic mass is 15.0. The molecule has 1 aliphatic carbocycles. The van der Waals surface area contributed by atoms with Gasteiger partial charge < -0.3 is 4.40 Å². The molecule has 2 aromatic heterocycles. The molecular formula is C15H18N2. The molecule has 2 nitrogen and oxygen atoms in total. The zero-order chi connectivity index (χ0) is 11.7. The van der Waals surface area contributed by atoms with E-state index in [-0.39, 0.29) is 0 Å². The molecule has 0 aliphatic heterocycles. The second-order valence-corrected chi connectivity index (χ2v) is 4.88. The van der Waals surface area contributed by atoms with Gasteiger partial charge >= 0.3 is 0 Å². The normalized spacial score (nSPS) is 20.8. The molecule has 0 saturated heterocycles. The van der Waals surface area contributed by atoms with E-state index in [1.54, 1.807) is 5.57 Å². The van der Waals surface area contributed by atoms with Crippen LogP contribution in [0.4, 0.5) is 0 Å². The fourth-order valence-electron chi connectivity index (χ4n) is 2.79. The van der Waals surface area contributed by atoms with Gasteiger partial charge in [-0.15, -0.1) is 0 Å². The van der Waals surface area contributed by atoms with Crippen LogP contribution in [-0.2, 0) is 0 Å². The highest BCUT2D eigenvalue weighted by molar-refractivity contribution is 5.40. The number of imidazole rings is 1. The van der Waals surface area contributed by atoms with E-state index in [1.807, 2.05) is 12.4 Å². The van der Waals surface area contributed by atoms with Crippen molar-refractivity contribution in [3.05, 3.63) is 47.9 Å². The molecule has 0 unspecified atom stereocenters. The van der Waals surface area contributed by atoms with Crippen molar-refractivity contribution >= 4 is 5.65 Å². The Hall–Kier alpha value is -1.57. The van der Waals surface area contributed by atoms with E-state index in [0.717, 1.165) is 11.6 Å². The summed E-state index contributed by atoms with van der Waals surface area (Å²) in [6, 6.07) is 4.37. The summed E-state index contributed by atoms with van der Waals surface area (Å²) in [6.07, 6.45) is 13.5.